The second kappa shape index (κ2) is 5.84. The minimum Gasteiger partial charge on any atom is -0.480 e. The number of amides is 1. The first-order valence-electron chi connectivity index (χ1n) is 5.82. The van der Waals surface area contributed by atoms with Crippen molar-refractivity contribution in [3.63, 3.8) is 0 Å². The highest BCUT2D eigenvalue weighted by Gasteiger charge is 2.31. The fourth-order valence-corrected chi connectivity index (χ4v) is 1.99. The fourth-order valence-electron chi connectivity index (χ4n) is 1.99. The lowest BCUT2D eigenvalue weighted by Gasteiger charge is -2.19. The van der Waals surface area contributed by atoms with E-state index in [4.69, 9.17) is 5.11 Å². The van der Waals surface area contributed by atoms with Gasteiger partial charge in [-0.1, -0.05) is 20.3 Å². The van der Waals surface area contributed by atoms with E-state index in [0.717, 1.165) is 19.4 Å². The van der Waals surface area contributed by atoms with Gasteiger partial charge in [0.1, 0.15) is 6.04 Å². The minimum atomic E-state index is -0.958. The highest BCUT2D eigenvalue weighted by atomic mass is 16.4. The van der Waals surface area contributed by atoms with Gasteiger partial charge in [0, 0.05) is 0 Å². The Morgan fingerprint density at radius 3 is 2.69 bits per heavy atom. The number of carboxylic acids is 1. The van der Waals surface area contributed by atoms with Crippen LogP contribution in [0.25, 0.3) is 0 Å². The summed E-state index contributed by atoms with van der Waals surface area (Å²) < 4.78 is 0. The van der Waals surface area contributed by atoms with Gasteiger partial charge in [0.15, 0.2) is 0 Å². The van der Waals surface area contributed by atoms with Gasteiger partial charge < -0.3 is 15.7 Å². The Hall–Kier alpha value is -1.10. The van der Waals surface area contributed by atoms with E-state index in [1.807, 2.05) is 13.8 Å². The summed E-state index contributed by atoms with van der Waals surface area (Å²) in [6.45, 7) is 4.73. The van der Waals surface area contributed by atoms with Crippen molar-refractivity contribution in [2.75, 3.05) is 6.54 Å². The summed E-state index contributed by atoms with van der Waals surface area (Å²) in [6, 6.07) is -0.995. The monoisotopic (exact) mass is 228 g/mol. The topological polar surface area (TPSA) is 78.4 Å². The molecule has 0 bridgehead atoms. The fraction of sp³-hybridized carbons (Fsp3) is 0.818. The molecule has 1 aliphatic heterocycles. The van der Waals surface area contributed by atoms with Crippen molar-refractivity contribution in [3.05, 3.63) is 0 Å². The molecule has 1 heterocycles. The average Bonchev–Trinajstić information content (AvgIpc) is 2.63. The third kappa shape index (κ3) is 3.20. The van der Waals surface area contributed by atoms with Gasteiger partial charge in [-0.25, -0.2) is 4.79 Å². The van der Waals surface area contributed by atoms with E-state index in [-0.39, 0.29) is 17.9 Å². The molecule has 0 aromatic rings. The predicted octanol–water partition coefficient (Wildman–Crippen LogP) is 0.354. The molecular weight excluding hydrogens is 208 g/mol. The molecule has 92 valence electrons. The van der Waals surface area contributed by atoms with Crippen LogP contribution < -0.4 is 10.6 Å². The summed E-state index contributed by atoms with van der Waals surface area (Å²) in [5.74, 6) is -0.872. The Kier molecular flexibility index (Phi) is 4.73. The van der Waals surface area contributed by atoms with Crippen LogP contribution in [-0.2, 0) is 9.59 Å². The lowest BCUT2D eigenvalue weighted by molar-refractivity contribution is -0.142. The van der Waals surface area contributed by atoms with Crippen LogP contribution in [0.1, 0.15) is 33.1 Å². The lowest BCUT2D eigenvalue weighted by Crippen LogP contribution is -2.49. The van der Waals surface area contributed by atoms with Crippen LogP contribution in [0.2, 0.25) is 0 Å². The molecule has 1 aliphatic rings. The van der Waals surface area contributed by atoms with Crippen molar-refractivity contribution in [2.45, 2.75) is 45.2 Å². The molecule has 0 aromatic heterocycles. The van der Waals surface area contributed by atoms with E-state index >= 15 is 0 Å². The molecule has 5 nitrogen and oxygen atoms in total. The molecule has 0 aliphatic carbocycles. The number of hydrogen-bond donors (Lipinski definition) is 3. The molecule has 0 aromatic carbocycles. The van der Waals surface area contributed by atoms with Crippen molar-refractivity contribution in [2.24, 2.45) is 5.92 Å². The van der Waals surface area contributed by atoms with Gasteiger partial charge in [-0.15, -0.1) is 0 Å². The van der Waals surface area contributed by atoms with Crippen molar-refractivity contribution >= 4 is 11.9 Å². The third-order valence-electron chi connectivity index (χ3n) is 3.01. The second-order valence-electron chi connectivity index (χ2n) is 4.39. The molecule has 16 heavy (non-hydrogen) atoms. The second-order valence-corrected chi connectivity index (χ2v) is 4.39. The van der Waals surface area contributed by atoms with Crippen LogP contribution in [0.5, 0.6) is 0 Å². The normalized spacial score (nSPS) is 26.4. The van der Waals surface area contributed by atoms with E-state index in [2.05, 4.69) is 10.6 Å². The number of nitrogens with one attached hydrogen (secondary N) is 2. The number of carboxylic acid groups (broad SMARTS) is 1. The van der Waals surface area contributed by atoms with Gasteiger partial charge in [0.25, 0.3) is 0 Å². The van der Waals surface area contributed by atoms with E-state index in [1.165, 1.54) is 0 Å². The summed E-state index contributed by atoms with van der Waals surface area (Å²) in [6.07, 6.45) is 2.18. The SMILES string of the molecule is CCC[C@H](NC(=O)C1NCCC1C)C(=O)O. The van der Waals surface area contributed by atoms with Crippen LogP contribution in [0.3, 0.4) is 0 Å². The number of carbonyl (C=O) groups excluding carboxylic acids is 1. The van der Waals surface area contributed by atoms with Crippen LogP contribution in [-0.4, -0.2) is 35.6 Å². The molecule has 1 saturated heterocycles. The maximum atomic E-state index is 11.8. The minimum absolute atomic E-state index is 0.189. The zero-order valence-corrected chi connectivity index (χ0v) is 9.82. The van der Waals surface area contributed by atoms with Gasteiger partial charge in [0.2, 0.25) is 5.91 Å². The van der Waals surface area contributed by atoms with Crippen LogP contribution in [0.4, 0.5) is 0 Å². The summed E-state index contributed by atoms with van der Waals surface area (Å²) in [4.78, 5) is 22.7. The molecule has 5 heteroatoms. The van der Waals surface area contributed by atoms with Gasteiger partial charge >= 0.3 is 5.97 Å². The van der Waals surface area contributed by atoms with Gasteiger partial charge in [-0.2, -0.15) is 0 Å². The van der Waals surface area contributed by atoms with Crippen LogP contribution in [0, 0.1) is 5.92 Å². The highest BCUT2D eigenvalue weighted by Crippen LogP contribution is 2.14. The smallest absolute Gasteiger partial charge is 0.326 e. The molecule has 3 atom stereocenters. The zero-order valence-electron chi connectivity index (χ0n) is 9.82. The average molecular weight is 228 g/mol. The third-order valence-corrected chi connectivity index (χ3v) is 3.01. The van der Waals surface area contributed by atoms with E-state index in [9.17, 15) is 9.59 Å². The Bertz CT molecular complexity index is 268. The van der Waals surface area contributed by atoms with E-state index < -0.39 is 12.0 Å². The largest absolute Gasteiger partial charge is 0.480 e. The first kappa shape index (κ1) is 13.0. The highest BCUT2D eigenvalue weighted by molar-refractivity contribution is 5.87. The van der Waals surface area contributed by atoms with E-state index in [0.29, 0.717) is 6.42 Å². The Morgan fingerprint density at radius 2 is 2.25 bits per heavy atom. The number of aliphatic carboxylic acids is 1. The predicted molar refractivity (Wildman–Crippen MR) is 60.0 cm³/mol. The number of carbonyl (C=O) groups is 2. The molecule has 1 amide bonds. The van der Waals surface area contributed by atoms with E-state index in [1.54, 1.807) is 0 Å². The molecule has 0 radical (unpaired) electrons. The standard InChI is InChI=1S/C11H20N2O3/c1-3-4-8(11(15)16)13-10(14)9-7(2)5-6-12-9/h7-9,12H,3-6H2,1-2H3,(H,13,14)(H,15,16)/t7?,8-,9?/m0/s1. The molecule has 2 unspecified atom stereocenters. The van der Waals surface area contributed by atoms with Crippen molar-refractivity contribution in [3.8, 4) is 0 Å². The lowest BCUT2D eigenvalue weighted by atomic mass is 10.0. The van der Waals surface area contributed by atoms with Crippen LogP contribution >= 0.6 is 0 Å². The summed E-state index contributed by atoms with van der Waals surface area (Å²) in [5.41, 5.74) is 0. The van der Waals surface area contributed by atoms with Gasteiger partial charge in [-0.3, -0.25) is 4.79 Å². The van der Waals surface area contributed by atoms with Gasteiger partial charge in [-0.05, 0) is 25.3 Å². The van der Waals surface area contributed by atoms with Crippen molar-refractivity contribution in [1.29, 1.82) is 0 Å². The summed E-state index contributed by atoms with van der Waals surface area (Å²) >= 11 is 0. The molecule has 0 saturated carbocycles. The Labute approximate surface area is 95.6 Å². The molecule has 0 spiro atoms. The summed E-state index contributed by atoms with van der Waals surface area (Å²) in [7, 11) is 0. The first-order chi connectivity index (χ1) is 7.56. The Morgan fingerprint density at radius 1 is 1.56 bits per heavy atom. The van der Waals surface area contributed by atoms with Crippen molar-refractivity contribution in [1.82, 2.24) is 10.6 Å². The first-order valence-corrected chi connectivity index (χ1v) is 5.82. The number of rotatable bonds is 5. The molecule has 3 N–H and O–H groups in total. The quantitative estimate of drug-likeness (QED) is 0.634. The van der Waals surface area contributed by atoms with Crippen LogP contribution in [0.15, 0.2) is 0 Å². The zero-order chi connectivity index (χ0) is 12.1. The molecular formula is C11H20N2O3. The van der Waals surface area contributed by atoms with Gasteiger partial charge in [0.05, 0.1) is 6.04 Å². The Balaban J connectivity index is 2.50. The van der Waals surface area contributed by atoms with Crippen molar-refractivity contribution < 1.29 is 14.7 Å². The maximum Gasteiger partial charge on any atom is 0.326 e. The molecule has 1 fully saturated rings. The molecule has 1 rings (SSSR count). The summed E-state index contributed by atoms with van der Waals surface area (Å²) in [5, 5.41) is 14.6. The number of hydrogen-bond acceptors (Lipinski definition) is 3. The maximum absolute atomic E-state index is 11.8.